The standard InChI is InChI=1S/C20H30N2O2/c1-21-11-10-20(23)22-14-17-12-18(24-2)9-8-16(17)13-19(22)15-6-4-3-5-7-15/h8-9,12,15,19,21H,3-7,10-11,13-14H2,1-2H3. The van der Waals surface area contributed by atoms with Crippen molar-refractivity contribution >= 4 is 5.91 Å². The Bertz CT molecular complexity index is 567. The van der Waals surface area contributed by atoms with Crippen LogP contribution >= 0.6 is 0 Å². The van der Waals surface area contributed by atoms with E-state index in [0.717, 1.165) is 25.3 Å². The topological polar surface area (TPSA) is 41.6 Å². The Labute approximate surface area is 145 Å². The fraction of sp³-hybridized carbons (Fsp3) is 0.650. The molecule has 4 nitrogen and oxygen atoms in total. The van der Waals surface area contributed by atoms with Crippen LogP contribution in [0, 0.1) is 5.92 Å². The van der Waals surface area contributed by atoms with E-state index in [0.29, 0.717) is 18.4 Å². The molecule has 1 heterocycles. The monoisotopic (exact) mass is 330 g/mol. The number of rotatable bonds is 5. The highest BCUT2D eigenvalue weighted by Gasteiger charge is 2.35. The summed E-state index contributed by atoms with van der Waals surface area (Å²) in [6.07, 6.45) is 8.10. The third kappa shape index (κ3) is 3.75. The molecule has 1 amide bonds. The van der Waals surface area contributed by atoms with Gasteiger partial charge in [0.05, 0.1) is 7.11 Å². The van der Waals surface area contributed by atoms with Gasteiger partial charge in [-0.25, -0.2) is 0 Å². The van der Waals surface area contributed by atoms with Crippen LogP contribution in [0.5, 0.6) is 5.75 Å². The van der Waals surface area contributed by atoms with Crippen LogP contribution in [0.3, 0.4) is 0 Å². The van der Waals surface area contributed by atoms with E-state index in [4.69, 9.17) is 4.74 Å². The van der Waals surface area contributed by atoms with Gasteiger partial charge in [-0.05, 0) is 55.5 Å². The number of amides is 1. The van der Waals surface area contributed by atoms with Crippen LogP contribution in [0.2, 0.25) is 0 Å². The highest BCUT2D eigenvalue weighted by molar-refractivity contribution is 5.77. The summed E-state index contributed by atoms with van der Waals surface area (Å²) in [5.41, 5.74) is 2.64. The van der Waals surface area contributed by atoms with Crippen molar-refractivity contribution in [3.05, 3.63) is 29.3 Å². The van der Waals surface area contributed by atoms with Crippen molar-refractivity contribution < 1.29 is 9.53 Å². The van der Waals surface area contributed by atoms with Crippen LogP contribution in [0.1, 0.15) is 49.7 Å². The second-order valence-corrected chi connectivity index (χ2v) is 7.18. The second kappa shape index (κ2) is 8.02. The number of hydrogen-bond acceptors (Lipinski definition) is 3. The molecular formula is C20H30N2O2. The Kier molecular flexibility index (Phi) is 5.77. The maximum absolute atomic E-state index is 12.8. The van der Waals surface area contributed by atoms with Crippen molar-refractivity contribution in [3.63, 3.8) is 0 Å². The van der Waals surface area contributed by atoms with Crippen molar-refractivity contribution in [1.82, 2.24) is 10.2 Å². The molecule has 0 saturated heterocycles. The molecule has 1 aromatic rings. The van der Waals surface area contributed by atoms with E-state index in [1.807, 2.05) is 7.05 Å². The lowest BCUT2D eigenvalue weighted by molar-refractivity contribution is -0.136. The third-order valence-corrected chi connectivity index (χ3v) is 5.69. The lowest BCUT2D eigenvalue weighted by Crippen LogP contribution is -2.49. The normalized spacial score (nSPS) is 21.4. The minimum absolute atomic E-state index is 0.286. The number of nitrogens with one attached hydrogen (secondary N) is 1. The Balaban J connectivity index is 1.84. The molecule has 0 radical (unpaired) electrons. The predicted octanol–water partition coefficient (Wildman–Crippen LogP) is 3.14. The van der Waals surface area contributed by atoms with Crippen LogP contribution < -0.4 is 10.1 Å². The molecule has 1 aliphatic heterocycles. The van der Waals surface area contributed by atoms with E-state index in [2.05, 4.69) is 28.4 Å². The van der Waals surface area contributed by atoms with Crippen LogP contribution in [0.25, 0.3) is 0 Å². The Morgan fingerprint density at radius 2 is 2.04 bits per heavy atom. The summed E-state index contributed by atoms with van der Waals surface area (Å²) in [4.78, 5) is 15.0. The largest absolute Gasteiger partial charge is 0.497 e. The average Bonchev–Trinajstić information content (AvgIpc) is 2.65. The van der Waals surface area contributed by atoms with Crippen LogP contribution in [-0.2, 0) is 17.8 Å². The molecule has 1 aliphatic carbocycles. The first-order valence-corrected chi connectivity index (χ1v) is 9.32. The van der Waals surface area contributed by atoms with Crippen LogP contribution in [0.4, 0.5) is 0 Å². The number of fused-ring (bicyclic) bond motifs is 1. The molecule has 1 unspecified atom stereocenters. The van der Waals surface area contributed by atoms with Crippen molar-refractivity contribution in [2.75, 3.05) is 20.7 Å². The molecule has 2 aliphatic rings. The van der Waals surface area contributed by atoms with Gasteiger partial charge in [-0.3, -0.25) is 4.79 Å². The van der Waals surface area contributed by atoms with Gasteiger partial charge >= 0.3 is 0 Å². The fourth-order valence-corrected chi connectivity index (χ4v) is 4.30. The molecule has 4 heteroatoms. The minimum Gasteiger partial charge on any atom is -0.497 e. The Morgan fingerprint density at radius 1 is 1.25 bits per heavy atom. The number of nitrogens with zero attached hydrogens (tertiary/aromatic N) is 1. The number of benzene rings is 1. The third-order valence-electron chi connectivity index (χ3n) is 5.69. The van der Waals surface area contributed by atoms with E-state index < -0.39 is 0 Å². The van der Waals surface area contributed by atoms with Gasteiger partial charge in [0.2, 0.25) is 5.91 Å². The maximum Gasteiger partial charge on any atom is 0.224 e. The van der Waals surface area contributed by atoms with E-state index in [-0.39, 0.29) is 5.91 Å². The molecular weight excluding hydrogens is 300 g/mol. The lowest BCUT2D eigenvalue weighted by Gasteiger charge is -2.43. The smallest absolute Gasteiger partial charge is 0.224 e. The van der Waals surface area contributed by atoms with E-state index in [9.17, 15) is 4.79 Å². The molecule has 1 saturated carbocycles. The number of methoxy groups -OCH3 is 1. The summed E-state index contributed by atoms with van der Waals surface area (Å²) in [6.45, 7) is 1.48. The molecule has 24 heavy (non-hydrogen) atoms. The minimum atomic E-state index is 0.286. The number of ether oxygens (including phenoxy) is 1. The summed E-state index contributed by atoms with van der Waals surface area (Å²) in [5.74, 6) is 1.83. The van der Waals surface area contributed by atoms with Gasteiger partial charge in [0.1, 0.15) is 5.75 Å². The highest BCUT2D eigenvalue weighted by Crippen LogP contribution is 2.36. The zero-order valence-corrected chi connectivity index (χ0v) is 15.0. The SMILES string of the molecule is CNCCC(=O)N1Cc2cc(OC)ccc2CC1C1CCCCC1. The van der Waals surface area contributed by atoms with E-state index >= 15 is 0 Å². The van der Waals surface area contributed by atoms with E-state index in [1.54, 1.807) is 7.11 Å². The van der Waals surface area contributed by atoms with Gasteiger partial charge in [0.15, 0.2) is 0 Å². The van der Waals surface area contributed by atoms with E-state index in [1.165, 1.54) is 43.2 Å². The molecule has 1 fully saturated rings. The molecule has 1 aromatic carbocycles. The zero-order valence-electron chi connectivity index (χ0n) is 15.0. The van der Waals surface area contributed by atoms with Gasteiger partial charge in [0.25, 0.3) is 0 Å². The zero-order chi connectivity index (χ0) is 16.9. The first-order chi connectivity index (χ1) is 11.7. The van der Waals surface area contributed by atoms with Gasteiger partial charge in [-0.2, -0.15) is 0 Å². The van der Waals surface area contributed by atoms with Crippen molar-refractivity contribution in [1.29, 1.82) is 0 Å². The molecule has 132 valence electrons. The first-order valence-electron chi connectivity index (χ1n) is 9.32. The van der Waals surface area contributed by atoms with Gasteiger partial charge in [0, 0.05) is 25.6 Å². The Morgan fingerprint density at radius 3 is 2.75 bits per heavy atom. The predicted molar refractivity (Wildman–Crippen MR) is 96.2 cm³/mol. The molecule has 0 bridgehead atoms. The molecule has 0 spiro atoms. The quantitative estimate of drug-likeness (QED) is 0.902. The number of carbonyl (C=O) groups excluding carboxylic acids is 1. The van der Waals surface area contributed by atoms with Gasteiger partial charge in [-0.1, -0.05) is 25.3 Å². The van der Waals surface area contributed by atoms with Gasteiger partial charge in [-0.15, -0.1) is 0 Å². The summed E-state index contributed by atoms with van der Waals surface area (Å²) in [6, 6.07) is 6.72. The second-order valence-electron chi connectivity index (χ2n) is 7.18. The van der Waals surface area contributed by atoms with Crippen molar-refractivity contribution in [3.8, 4) is 5.75 Å². The highest BCUT2D eigenvalue weighted by atomic mass is 16.5. The fourth-order valence-electron chi connectivity index (χ4n) is 4.30. The molecule has 3 rings (SSSR count). The lowest BCUT2D eigenvalue weighted by atomic mass is 9.78. The van der Waals surface area contributed by atoms with Crippen molar-refractivity contribution in [2.45, 2.75) is 57.5 Å². The maximum atomic E-state index is 12.8. The summed E-state index contributed by atoms with van der Waals surface area (Å²) < 4.78 is 5.37. The number of carbonyl (C=O) groups is 1. The average molecular weight is 330 g/mol. The number of hydrogen-bond donors (Lipinski definition) is 1. The molecule has 1 atom stereocenters. The summed E-state index contributed by atoms with van der Waals surface area (Å²) in [5, 5.41) is 3.10. The first kappa shape index (κ1) is 17.3. The molecule has 1 N–H and O–H groups in total. The molecule has 0 aromatic heterocycles. The summed E-state index contributed by atoms with van der Waals surface area (Å²) >= 11 is 0. The van der Waals surface area contributed by atoms with Crippen molar-refractivity contribution in [2.24, 2.45) is 5.92 Å². The summed E-state index contributed by atoms with van der Waals surface area (Å²) in [7, 11) is 3.60. The van der Waals surface area contributed by atoms with Crippen LogP contribution in [-0.4, -0.2) is 37.6 Å². The van der Waals surface area contributed by atoms with Crippen LogP contribution in [0.15, 0.2) is 18.2 Å². The van der Waals surface area contributed by atoms with Gasteiger partial charge < -0.3 is 15.0 Å². The Hall–Kier alpha value is -1.55.